The van der Waals surface area contributed by atoms with Gasteiger partial charge in [0.25, 0.3) is 0 Å². The van der Waals surface area contributed by atoms with Crippen LogP contribution in [0.4, 0.5) is 0 Å². The van der Waals surface area contributed by atoms with Gasteiger partial charge in [-0.3, -0.25) is 4.79 Å². The van der Waals surface area contributed by atoms with Gasteiger partial charge in [-0.2, -0.15) is 0 Å². The zero-order valence-electron chi connectivity index (χ0n) is 16.0. The molecule has 3 aromatic carbocycles. The molecule has 0 amide bonds. The van der Waals surface area contributed by atoms with E-state index in [0.29, 0.717) is 11.8 Å². The number of carbonyl (C=O) groups is 1. The van der Waals surface area contributed by atoms with E-state index in [1.165, 1.54) is 11.1 Å². The highest BCUT2D eigenvalue weighted by molar-refractivity contribution is 5.96. The van der Waals surface area contributed by atoms with E-state index in [4.69, 9.17) is 0 Å². The minimum atomic E-state index is 0.459. The van der Waals surface area contributed by atoms with Crippen molar-refractivity contribution < 1.29 is 4.79 Å². The minimum Gasteiger partial charge on any atom is -0.298 e. The number of hydrogen-bond donors (Lipinski definition) is 0. The summed E-state index contributed by atoms with van der Waals surface area (Å²) in [4.78, 5) is 12.0. The van der Waals surface area contributed by atoms with E-state index in [0.717, 1.165) is 34.1 Å². The third-order valence-electron chi connectivity index (χ3n) is 4.95. The Kier molecular flexibility index (Phi) is 5.37. The van der Waals surface area contributed by atoms with Crippen molar-refractivity contribution in [1.82, 2.24) is 0 Å². The summed E-state index contributed by atoms with van der Waals surface area (Å²) in [5, 5.41) is 0. The molecule has 0 aliphatic carbocycles. The first-order valence-corrected chi connectivity index (χ1v) is 9.30. The lowest BCUT2D eigenvalue weighted by Crippen LogP contribution is -1.95. The maximum absolute atomic E-state index is 12.0. The number of aldehydes is 1. The molecule has 0 saturated carbocycles. The summed E-state index contributed by atoms with van der Waals surface area (Å²) < 4.78 is 0. The minimum absolute atomic E-state index is 0.459. The average molecular weight is 342 g/mol. The fourth-order valence-electron chi connectivity index (χ4n) is 3.33. The van der Waals surface area contributed by atoms with E-state index in [2.05, 4.69) is 76.2 Å². The molecule has 0 bridgehead atoms. The van der Waals surface area contributed by atoms with E-state index < -0.39 is 0 Å². The summed E-state index contributed by atoms with van der Waals surface area (Å²) in [6.45, 7) is 8.75. The molecule has 3 aromatic rings. The molecule has 0 fully saturated rings. The first-order chi connectivity index (χ1) is 12.5. The molecule has 26 heavy (non-hydrogen) atoms. The van der Waals surface area contributed by atoms with Gasteiger partial charge in [0.2, 0.25) is 0 Å². The van der Waals surface area contributed by atoms with Crippen LogP contribution in [0.5, 0.6) is 0 Å². The van der Waals surface area contributed by atoms with Crippen molar-refractivity contribution in [2.75, 3.05) is 0 Å². The largest absolute Gasteiger partial charge is 0.298 e. The van der Waals surface area contributed by atoms with Crippen LogP contribution >= 0.6 is 0 Å². The molecular formula is C25H26O. The summed E-state index contributed by atoms with van der Waals surface area (Å²) in [5.41, 5.74) is 7.51. The maximum Gasteiger partial charge on any atom is 0.151 e. The number of benzene rings is 3. The van der Waals surface area contributed by atoms with Crippen LogP contribution in [0, 0.1) is 0 Å². The van der Waals surface area contributed by atoms with Gasteiger partial charge in [0.05, 0.1) is 0 Å². The average Bonchev–Trinajstić information content (AvgIpc) is 2.67. The van der Waals surface area contributed by atoms with Crippen LogP contribution in [0.2, 0.25) is 0 Å². The van der Waals surface area contributed by atoms with Crippen LogP contribution in [-0.2, 0) is 0 Å². The van der Waals surface area contributed by atoms with Gasteiger partial charge in [0.15, 0.2) is 6.29 Å². The molecule has 0 saturated heterocycles. The second-order valence-electron chi connectivity index (χ2n) is 7.44. The lowest BCUT2D eigenvalue weighted by Gasteiger charge is -2.14. The molecule has 1 nitrogen and oxygen atoms in total. The Balaban J connectivity index is 2.16. The van der Waals surface area contributed by atoms with Crippen molar-refractivity contribution in [3.8, 4) is 22.3 Å². The summed E-state index contributed by atoms with van der Waals surface area (Å²) >= 11 is 0. The second-order valence-corrected chi connectivity index (χ2v) is 7.44. The SMILES string of the molecule is CC(C)c1cccc(-c2cccc(-c3cccc(C(C)C)c3)c2C=O)c1. The third-order valence-corrected chi connectivity index (χ3v) is 4.95. The maximum atomic E-state index is 12.0. The molecule has 0 aliphatic heterocycles. The summed E-state index contributed by atoms with van der Waals surface area (Å²) in [5.74, 6) is 0.918. The number of carbonyl (C=O) groups excluding carboxylic acids is 1. The third kappa shape index (κ3) is 3.62. The first kappa shape index (κ1) is 18.1. The summed E-state index contributed by atoms with van der Waals surface area (Å²) in [7, 11) is 0. The van der Waals surface area contributed by atoms with Crippen molar-refractivity contribution in [1.29, 1.82) is 0 Å². The van der Waals surface area contributed by atoms with Gasteiger partial charge < -0.3 is 0 Å². The highest BCUT2D eigenvalue weighted by atomic mass is 16.1. The van der Waals surface area contributed by atoms with Crippen LogP contribution < -0.4 is 0 Å². The highest BCUT2D eigenvalue weighted by Gasteiger charge is 2.13. The van der Waals surface area contributed by atoms with Crippen LogP contribution in [0.3, 0.4) is 0 Å². The molecule has 0 unspecified atom stereocenters. The van der Waals surface area contributed by atoms with Crippen LogP contribution in [0.25, 0.3) is 22.3 Å². The predicted molar refractivity (Wildman–Crippen MR) is 111 cm³/mol. The Hall–Kier alpha value is -2.67. The topological polar surface area (TPSA) is 17.1 Å². The van der Waals surface area contributed by atoms with Gasteiger partial charge in [0, 0.05) is 5.56 Å². The molecule has 3 rings (SSSR count). The first-order valence-electron chi connectivity index (χ1n) is 9.30. The fraction of sp³-hybridized carbons (Fsp3) is 0.240. The van der Waals surface area contributed by atoms with Crippen LogP contribution in [0.15, 0.2) is 66.7 Å². The monoisotopic (exact) mass is 342 g/mol. The molecule has 1 heteroatoms. The van der Waals surface area contributed by atoms with Gasteiger partial charge in [-0.05, 0) is 45.2 Å². The fourth-order valence-corrected chi connectivity index (χ4v) is 3.33. The van der Waals surface area contributed by atoms with Crippen molar-refractivity contribution >= 4 is 6.29 Å². The quantitative estimate of drug-likeness (QED) is 0.453. The summed E-state index contributed by atoms with van der Waals surface area (Å²) in [6, 6.07) is 23.1. The van der Waals surface area contributed by atoms with Crippen molar-refractivity contribution in [3.63, 3.8) is 0 Å². The van der Waals surface area contributed by atoms with E-state index in [9.17, 15) is 4.79 Å². The Morgan fingerprint density at radius 3 is 1.46 bits per heavy atom. The van der Waals surface area contributed by atoms with Crippen molar-refractivity contribution in [3.05, 3.63) is 83.4 Å². The lowest BCUT2D eigenvalue weighted by molar-refractivity contribution is 0.112. The molecule has 0 heterocycles. The van der Waals surface area contributed by atoms with Gasteiger partial charge in [-0.25, -0.2) is 0 Å². The molecule has 0 N–H and O–H groups in total. The zero-order chi connectivity index (χ0) is 18.7. The van der Waals surface area contributed by atoms with Crippen molar-refractivity contribution in [2.45, 2.75) is 39.5 Å². The van der Waals surface area contributed by atoms with Gasteiger partial charge >= 0.3 is 0 Å². The molecule has 132 valence electrons. The molecule has 0 radical (unpaired) electrons. The standard InChI is InChI=1S/C25H26O/c1-17(2)19-8-5-10-21(14-19)23-12-7-13-24(25(23)16-26)22-11-6-9-20(15-22)18(3)4/h5-18H,1-4H3. The van der Waals surface area contributed by atoms with Gasteiger partial charge in [-0.15, -0.1) is 0 Å². The second kappa shape index (κ2) is 7.70. The molecule has 0 spiro atoms. The van der Waals surface area contributed by atoms with E-state index in [1.54, 1.807) is 0 Å². The summed E-state index contributed by atoms with van der Waals surface area (Å²) in [6.07, 6.45) is 0.995. The van der Waals surface area contributed by atoms with E-state index in [-0.39, 0.29) is 0 Å². The predicted octanol–water partition coefficient (Wildman–Crippen LogP) is 7.08. The van der Waals surface area contributed by atoms with Crippen LogP contribution in [-0.4, -0.2) is 6.29 Å². The van der Waals surface area contributed by atoms with Gasteiger partial charge in [-0.1, -0.05) is 94.4 Å². The molecular weight excluding hydrogens is 316 g/mol. The normalized spacial score (nSPS) is 11.2. The van der Waals surface area contributed by atoms with Gasteiger partial charge in [0.1, 0.15) is 0 Å². The highest BCUT2D eigenvalue weighted by Crippen LogP contribution is 2.33. The smallest absolute Gasteiger partial charge is 0.151 e. The number of rotatable bonds is 5. The van der Waals surface area contributed by atoms with E-state index >= 15 is 0 Å². The Bertz CT molecular complexity index is 849. The van der Waals surface area contributed by atoms with E-state index in [1.807, 2.05) is 18.2 Å². The zero-order valence-corrected chi connectivity index (χ0v) is 16.0. The lowest BCUT2D eigenvalue weighted by atomic mass is 9.89. The Morgan fingerprint density at radius 1 is 0.654 bits per heavy atom. The Labute approximate surface area is 156 Å². The molecule has 0 aromatic heterocycles. The molecule has 0 atom stereocenters. The molecule has 0 aliphatic rings. The number of hydrogen-bond acceptors (Lipinski definition) is 1. The Morgan fingerprint density at radius 2 is 1.08 bits per heavy atom. The van der Waals surface area contributed by atoms with Crippen LogP contribution in [0.1, 0.15) is 61.0 Å². The van der Waals surface area contributed by atoms with Crippen molar-refractivity contribution in [2.24, 2.45) is 0 Å².